The molecule has 0 bridgehead atoms. The number of hydrogen-bond acceptors (Lipinski definition) is 4. The first-order valence-corrected chi connectivity index (χ1v) is 7.54. The Bertz CT molecular complexity index is 924. The highest BCUT2D eigenvalue weighted by Crippen LogP contribution is 2.37. The van der Waals surface area contributed by atoms with Crippen molar-refractivity contribution in [3.63, 3.8) is 0 Å². The maximum atomic E-state index is 13.0. The Morgan fingerprint density at radius 2 is 1.92 bits per heavy atom. The van der Waals surface area contributed by atoms with Gasteiger partial charge in [-0.3, -0.25) is 4.79 Å². The van der Waals surface area contributed by atoms with Crippen molar-refractivity contribution in [3.05, 3.63) is 40.8 Å². The lowest BCUT2D eigenvalue weighted by molar-refractivity contribution is -0.187. The molecule has 1 aliphatic heterocycles. The fourth-order valence-electron chi connectivity index (χ4n) is 2.90. The Morgan fingerprint density at radius 1 is 1.19 bits per heavy atom. The van der Waals surface area contributed by atoms with Gasteiger partial charge >= 0.3 is 23.8 Å². The van der Waals surface area contributed by atoms with Crippen molar-refractivity contribution in [1.82, 2.24) is 4.90 Å². The van der Waals surface area contributed by atoms with E-state index in [1.54, 1.807) is 0 Å². The molecule has 1 aromatic heterocycles. The molecule has 1 aromatic carbocycles. The Hall–Kier alpha value is -3.04. The molecule has 138 valence electrons. The topological polar surface area (TPSA) is 99.8 Å². The number of carboxylic acid groups (broad SMARTS) is 1. The number of amides is 2. The summed E-state index contributed by atoms with van der Waals surface area (Å²) in [6.45, 7) is -1.26. The SMILES string of the molecule is O=C(O)[C@@H]1CN(C(=O)Nc2ccc3oc(=O)ccc3c2)C[C@H]1C(F)(F)F. The van der Waals surface area contributed by atoms with Crippen LogP contribution < -0.4 is 10.9 Å². The van der Waals surface area contributed by atoms with Gasteiger partial charge in [-0.2, -0.15) is 13.2 Å². The molecule has 1 aliphatic rings. The van der Waals surface area contributed by atoms with Gasteiger partial charge in [0.15, 0.2) is 0 Å². The predicted octanol–water partition coefficient (Wildman–Crippen LogP) is 2.52. The summed E-state index contributed by atoms with van der Waals surface area (Å²) in [5.41, 5.74) is 0.0303. The molecular formula is C16H13F3N2O5. The Balaban J connectivity index is 1.77. The van der Waals surface area contributed by atoms with Crippen LogP contribution in [0.1, 0.15) is 0 Å². The molecule has 0 saturated carbocycles. The molecule has 0 aliphatic carbocycles. The molecular weight excluding hydrogens is 357 g/mol. The quantitative estimate of drug-likeness (QED) is 0.792. The Labute approximate surface area is 144 Å². The highest BCUT2D eigenvalue weighted by molar-refractivity contribution is 5.92. The van der Waals surface area contributed by atoms with E-state index in [-0.39, 0.29) is 5.69 Å². The molecule has 2 amide bonds. The molecule has 26 heavy (non-hydrogen) atoms. The smallest absolute Gasteiger partial charge is 0.394 e. The third-order valence-corrected chi connectivity index (χ3v) is 4.22. The van der Waals surface area contributed by atoms with Crippen molar-refractivity contribution in [2.45, 2.75) is 6.18 Å². The van der Waals surface area contributed by atoms with Crippen molar-refractivity contribution in [3.8, 4) is 0 Å². The second-order valence-corrected chi connectivity index (χ2v) is 5.94. The molecule has 1 fully saturated rings. The van der Waals surface area contributed by atoms with Crippen LogP contribution in [0.3, 0.4) is 0 Å². The van der Waals surface area contributed by atoms with E-state index in [1.807, 2.05) is 0 Å². The van der Waals surface area contributed by atoms with E-state index in [1.165, 1.54) is 30.3 Å². The fourth-order valence-corrected chi connectivity index (χ4v) is 2.90. The van der Waals surface area contributed by atoms with E-state index in [4.69, 9.17) is 9.52 Å². The molecule has 0 unspecified atom stereocenters. The van der Waals surface area contributed by atoms with E-state index >= 15 is 0 Å². The number of alkyl halides is 3. The van der Waals surface area contributed by atoms with Crippen molar-refractivity contribution >= 4 is 28.7 Å². The van der Waals surface area contributed by atoms with Gasteiger partial charge in [0.2, 0.25) is 0 Å². The van der Waals surface area contributed by atoms with Crippen LogP contribution in [-0.4, -0.2) is 41.3 Å². The van der Waals surface area contributed by atoms with Gasteiger partial charge in [0.1, 0.15) is 5.58 Å². The first kappa shape index (κ1) is 17.8. The van der Waals surface area contributed by atoms with Gasteiger partial charge in [-0.1, -0.05) is 0 Å². The predicted molar refractivity (Wildman–Crippen MR) is 83.7 cm³/mol. The number of fused-ring (bicyclic) bond motifs is 1. The van der Waals surface area contributed by atoms with Gasteiger partial charge in [-0.25, -0.2) is 9.59 Å². The van der Waals surface area contributed by atoms with Gasteiger partial charge in [-0.15, -0.1) is 0 Å². The summed E-state index contributed by atoms with van der Waals surface area (Å²) >= 11 is 0. The number of hydrogen-bond donors (Lipinski definition) is 2. The third-order valence-electron chi connectivity index (χ3n) is 4.22. The van der Waals surface area contributed by atoms with Crippen LogP contribution in [0.25, 0.3) is 11.0 Å². The number of urea groups is 1. The number of carbonyl (C=O) groups is 2. The summed E-state index contributed by atoms with van der Waals surface area (Å²) < 4.78 is 43.9. The molecule has 1 saturated heterocycles. The van der Waals surface area contributed by atoms with E-state index in [0.717, 1.165) is 4.90 Å². The number of rotatable bonds is 2. The molecule has 10 heteroatoms. The number of likely N-dealkylation sites (tertiary alicyclic amines) is 1. The minimum absolute atomic E-state index is 0.277. The lowest BCUT2D eigenvalue weighted by Gasteiger charge is -2.18. The normalized spacial score (nSPS) is 20.3. The van der Waals surface area contributed by atoms with Crippen LogP contribution >= 0.6 is 0 Å². The number of nitrogens with one attached hydrogen (secondary N) is 1. The monoisotopic (exact) mass is 370 g/mol. The zero-order valence-corrected chi connectivity index (χ0v) is 13.1. The van der Waals surface area contributed by atoms with Crippen LogP contribution in [0.5, 0.6) is 0 Å². The lowest BCUT2D eigenvalue weighted by atomic mass is 9.96. The highest BCUT2D eigenvalue weighted by Gasteiger charge is 2.53. The second kappa shape index (κ2) is 6.36. The van der Waals surface area contributed by atoms with Gasteiger partial charge in [0.05, 0.1) is 11.8 Å². The van der Waals surface area contributed by atoms with E-state index < -0.39 is 48.7 Å². The largest absolute Gasteiger partial charge is 0.481 e. The van der Waals surface area contributed by atoms with E-state index in [9.17, 15) is 27.6 Å². The van der Waals surface area contributed by atoms with Crippen LogP contribution in [0.2, 0.25) is 0 Å². The van der Waals surface area contributed by atoms with Gasteiger partial charge in [0, 0.05) is 30.2 Å². The van der Waals surface area contributed by atoms with Crippen molar-refractivity contribution in [2.75, 3.05) is 18.4 Å². The lowest BCUT2D eigenvalue weighted by Crippen LogP contribution is -2.35. The second-order valence-electron chi connectivity index (χ2n) is 5.94. The standard InChI is InChI=1S/C16H13F3N2O5/c17-16(18,19)11-7-21(6-10(11)14(23)24)15(25)20-9-2-3-12-8(5-9)1-4-13(22)26-12/h1-5,10-11H,6-7H2,(H,20,25)(H,23,24)/t10-,11-/m1/s1. The van der Waals surface area contributed by atoms with Gasteiger partial charge in [0.25, 0.3) is 0 Å². The molecule has 2 atom stereocenters. The Morgan fingerprint density at radius 3 is 2.54 bits per heavy atom. The molecule has 2 heterocycles. The fraction of sp³-hybridized carbons (Fsp3) is 0.312. The minimum Gasteiger partial charge on any atom is -0.481 e. The highest BCUT2D eigenvalue weighted by atomic mass is 19.4. The number of carboxylic acids is 1. The van der Waals surface area contributed by atoms with Crippen LogP contribution in [-0.2, 0) is 4.79 Å². The van der Waals surface area contributed by atoms with Crippen molar-refractivity contribution < 1.29 is 32.3 Å². The first-order valence-electron chi connectivity index (χ1n) is 7.54. The molecule has 0 radical (unpaired) electrons. The number of carbonyl (C=O) groups excluding carboxylic acids is 1. The summed E-state index contributed by atoms with van der Waals surface area (Å²) in [5, 5.41) is 11.9. The maximum absolute atomic E-state index is 13.0. The van der Waals surface area contributed by atoms with E-state index in [0.29, 0.717) is 11.0 Å². The number of nitrogens with zero attached hydrogens (tertiary/aromatic N) is 1. The first-order chi connectivity index (χ1) is 12.1. The van der Waals surface area contributed by atoms with Crippen LogP contribution in [0, 0.1) is 11.8 Å². The van der Waals surface area contributed by atoms with Crippen LogP contribution in [0.15, 0.2) is 39.5 Å². The summed E-state index contributed by atoms with van der Waals surface area (Å²) in [6, 6.07) is 6.19. The van der Waals surface area contributed by atoms with Gasteiger partial charge in [-0.05, 0) is 24.3 Å². The average molecular weight is 370 g/mol. The molecule has 0 spiro atoms. The Kier molecular flexibility index (Phi) is 4.34. The van der Waals surface area contributed by atoms with Crippen LogP contribution in [0.4, 0.5) is 23.7 Å². The molecule has 2 aromatic rings. The summed E-state index contributed by atoms with van der Waals surface area (Å²) in [4.78, 5) is 35.3. The number of benzene rings is 1. The summed E-state index contributed by atoms with van der Waals surface area (Å²) in [6.07, 6.45) is -4.71. The zero-order valence-electron chi connectivity index (χ0n) is 13.1. The number of aliphatic carboxylic acids is 1. The van der Waals surface area contributed by atoms with Gasteiger partial charge < -0.3 is 19.7 Å². The number of halogens is 3. The summed E-state index contributed by atoms with van der Waals surface area (Å²) in [5.74, 6) is -5.41. The number of anilines is 1. The minimum atomic E-state index is -4.71. The zero-order chi connectivity index (χ0) is 19.1. The summed E-state index contributed by atoms with van der Waals surface area (Å²) in [7, 11) is 0. The molecule has 3 rings (SSSR count). The maximum Gasteiger partial charge on any atom is 0.394 e. The average Bonchev–Trinajstić information content (AvgIpc) is 3.01. The van der Waals surface area contributed by atoms with Crippen molar-refractivity contribution in [1.29, 1.82) is 0 Å². The van der Waals surface area contributed by atoms with E-state index in [2.05, 4.69) is 5.32 Å². The molecule has 2 N–H and O–H groups in total. The molecule has 7 nitrogen and oxygen atoms in total. The van der Waals surface area contributed by atoms with Crippen molar-refractivity contribution in [2.24, 2.45) is 11.8 Å². The third kappa shape index (κ3) is 3.48.